The molecule has 5 heteroatoms. The smallest absolute Gasteiger partial charge is 0.128 e. The molecule has 0 aliphatic carbocycles. The number of carbonyl (C=O) groups is 1. The van der Waals surface area contributed by atoms with E-state index in [1.165, 1.54) is 18.2 Å². The Kier molecular flexibility index (Phi) is 4.89. The summed E-state index contributed by atoms with van der Waals surface area (Å²) in [6, 6.07) is 14.3. The Morgan fingerprint density at radius 2 is 2.00 bits per heavy atom. The molecule has 2 aromatic carbocycles. The summed E-state index contributed by atoms with van der Waals surface area (Å²) in [6.45, 7) is -0.526. The van der Waals surface area contributed by atoms with Crippen molar-refractivity contribution >= 4 is 17.6 Å². The number of allylic oxidation sites excluding steroid dienone is 1. The number of carboxylic acid groups (broad SMARTS) is 1. The maximum absolute atomic E-state index is 13.2. The van der Waals surface area contributed by atoms with E-state index < -0.39 is 18.4 Å². The summed E-state index contributed by atoms with van der Waals surface area (Å²) >= 11 is 0. The third-order valence-corrected chi connectivity index (χ3v) is 2.80. The molecular weight excluding hydrogens is 285 g/mol. The van der Waals surface area contributed by atoms with Gasteiger partial charge in [0.15, 0.2) is 0 Å². The van der Waals surface area contributed by atoms with E-state index in [9.17, 15) is 19.6 Å². The number of nitrogens with zero attached hydrogens (tertiary/aromatic N) is 1. The van der Waals surface area contributed by atoms with Crippen molar-refractivity contribution in [2.45, 2.75) is 0 Å². The second kappa shape index (κ2) is 7.04. The van der Waals surface area contributed by atoms with Gasteiger partial charge in [0.05, 0.1) is 17.6 Å². The van der Waals surface area contributed by atoms with E-state index >= 15 is 0 Å². The molecule has 0 fully saturated rings. The van der Waals surface area contributed by atoms with Crippen LogP contribution in [-0.2, 0) is 4.79 Å². The number of ether oxygens (including phenoxy) is 1. The van der Waals surface area contributed by atoms with Gasteiger partial charge < -0.3 is 14.6 Å². The van der Waals surface area contributed by atoms with Gasteiger partial charge in [-0.15, -0.1) is 0 Å². The highest BCUT2D eigenvalue weighted by Gasteiger charge is 2.03. The first-order valence-corrected chi connectivity index (χ1v) is 6.39. The highest BCUT2D eigenvalue weighted by atomic mass is 19.1. The van der Waals surface area contributed by atoms with Crippen molar-refractivity contribution in [3.8, 4) is 11.8 Å². The van der Waals surface area contributed by atoms with Gasteiger partial charge in [0.25, 0.3) is 0 Å². The number of benzene rings is 2. The molecule has 0 aliphatic heterocycles. The van der Waals surface area contributed by atoms with Crippen LogP contribution in [-0.4, -0.2) is 12.6 Å². The summed E-state index contributed by atoms with van der Waals surface area (Å²) in [5.74, 6) is -1.34. The number of rotatable bonds is 5. The standard InChI is InChI=1S/C17H12FNO3/c18-15-3-1-2-13(9-15)14(10-19)8-12-4-6-16(7-5-12)22-11-17(20)21/h1-9H,11H2,(H,20,21)/p-1/b14-8-. The van der Waals surface area contributed by atoms with E-state index in [1.807, 2.05) is 6.07 Å². The van der Waals surface area contributed by atoms with Crippen molar-refractivity contribution in [1.29, 1.82) is 5.26 Å². The van der Waals surface area contributed by atoms with Crippen molar-refractivity contribution in [2.24, 2.45) is 0 Å². The Bertz CT molecular complexity index is 745. The van der Waals surface area contributed by atoms with Crippen molar-refractivity contribution in [1.82, 2.24) is 0 Å². The first-order valence-electron chi connectivity index (χ1n) is 6.39. The first kappa shape index (κ1) is 15.3. The molecule has 0 atom stereocenters. The van der Waals surface area contributed by atoms with Crippen molar-refractivity contribution in [3.63, 3.8) is 0 Å². The fourth-order valence-electron chi connectivity index (χ4n) is 1.81. The predicted octanol–water partition coefficient (Wildman–Crippen LogP) is 2.02. The van der Waals surface area contributed by atoms with Crippen LogP contribution in [0.25, 0.3) is 11.6 Å². The lowest BCUT2D eigenvalue weighted by molar-refractivity contribution is -0.307. The lowest BCUT2D eigenvalue weighted by Crippen LogP contribution is -2.28. The Hall–Kier alpha value is -3.13. The molecule has 0 saturated heterocycles. The highest BCUT2D eigenvalue weighted by Crippen LogP contribution is 2.20. The molecular formula is C17H11FNO3-. The summed E-state index contributed by atoms with van der Waals surface area (Å²) in [7, 11) is 0. The molecule has 0 unspecified atom stereocenters. The maximum Gasteiger partial charge on any atom is 0.128 e. The van der Waals surface area contributed by atoms with Crippen LogP contribution in [0.4, 0.5) is 4.39 Å². The lowest BCUT2D eigenvalue weighted by Gasteiger charge is -2.06. The van der Waals surface area contributed by atoms with Gasteiger partial charge in [0.1, 0.15) is 18.2 Å². The second-order valence-electron chi connectivity index (χ2n) is 4.41. The number of carboxylic acids is 1. The Labute approximate surface area is 126 Å². The van der Waals surface area contributed by atoms with Gasteiger partial charge in [0.2, 0.25) is 0 Å². The minimum atomic E-state index is -1.30. The quantitative estimate of drug-likeness (QED) is 0.625. The second-order valence-corrected chi connectivity index (χ2v) is 4.41. The van der Waals surface area contributed by atoms with Crippen molar-refractivity contribution in [2.75, 3.05) is 6.61 Å². The van der Waals surface area contributed by atoms with Crippen LogP contribution in [0, 0.1) is 17.1 Å². The minimum Gasteiger partial charge on any atom is -0.546 e. The number of nitriles is 1. The number of carbonyl (C=O) groups excluding carboxylic acids is 1. The van der Waals surface area contributed by atoms with Crippen LogP contribution in [0.1, 0.15) is 11.1 Å². The van der Waals surface area contributed by atoms with Gasteiger partial charge in [-0.05, 0) is 41.5 Å². The molecule has 0 spiro atoms. The number of hydrogen-bond acceptors (Lipinski definition) is 4. The number of hydrogen-bond donors (Lipinski definition) is 0. The van der Waals surface area contributed by atoms with Crippen LogP contribution in [0.2, 0.25) is 0 Å². The van der Waals surface area contributed by atoms with Gasteiger partial charge in [-0.2, -0.15) is 5.26 Å². The van der Waals surface area contributed by atoms with Crippen LogP contribution >= 0.6 is 0 Å². The third kappa shape index (κ3) is 4.18. The average Bonchev–Trinajstić information content (AvgIpc) is 2.51. The van der Waals surface area contributed by atoms with E-state index in [4.69, 9.17) is 4.74 Å². The Morgan fingerprint density at radius 3 is 2.59 bits per heavy atom. The van der Waals surface area contributed by atoms with E-state index in [0.29, 0.717) is 22.4 Å². The van der Waals surface area contributed by atoms with Gasteiger partial charge >= 0.3 is 0 Å². The molecule has 0 N–H and O–H groups in total. The summed E-state index contributed by atoms with van der Waals surface area (Å²) in [5.41, 5.74) is 1.52. The van der Waals surface area contributed by atoms with Gasteiger partial charge in [-0.3, -0.25) is 0 Å². The first-order chi connectivity index (χ1) is 10.6. The molecule has 2 rings (SSSR count). The molecule has 0 aromatic heterocycles. The summed E-state index contributed by atoms with van der Waals surface area (Å²) in [6.07, 6.45) is 1.61. The Morgan fingerprint density at radius 1 is 1.27 bits per heavy atom. The molecule has 4 nitrogen and oxygen atoms in total. The molecule has 0 radical (unpaired) electrons. The summed E-state index contributed by atoms with van der Waals surface area (Å²) in [5, 5.41) is 19.5. The van der Waals surface area contributed by atoms with Crippen LogP contribution < -0.4 is 9.84 Å². The summed E-state index contributed by atoms with van der Waals surface area (Å²) < 4.78 is 18.2. The van der Waals surface area contributed by atoms with Crippen molar-refractivity contribution in [3.05, 3.63) is 65.5 Å². The molecule has 0 aliphatic rings. The predicted molar refractivity (Wildman–Crippen MR) is 76.8 cm³/mol. The van der Waals surface area contributed by atoms with E-state index in [-0.39, 0.29) is 0 Å². The molecule has 22 heavy (non-hydrogen) atoms. The Balaban J connectivity index is 2.20. The SMILES string of the molecule is N#C/C(=C/c1ccc(OCC(=O)[O-])cc1)c1cccc(F)c1. The molecule has 0 amide bonds. The zero-order chi connectivity index (χ0) is 15.9. The fourth-order valence-corrected chi connectivity index (χ4v) is 1.81. The van der Waals surface area contributed by atoms with Gasteiger partial charge in [0, 0.05) is 0 Å². The molecule has 110 valence electrons. The van der Waals surface area contributed by atoms with Crippen molar-refractivity contribution < 1.29 is 19.0 Å². The summed E-state index contributed by atoms with van der Waals surface area (Å²) in [4.78, 5) is 10.3. The number of aliphatic carboxylic acids is 1. The normalized spacial score (nSPS) is 10.8. The minimum absolute atomic E-state index is 0.322. The van der Waals surface area contributed by atoms with E-state index in [2.05, 4.69) is 0 Å². The van der Waals surface area contributed by atoms with Crippen LogP contribution in [0.15, 0.2) is 48.5 Å². The van der Waals surface area contributed by atoms with Gasteiger partial charge in [-0.1, -0.05) is 24.3 Å². The number of halogens is 1. The van der Waals surface area contributed by atoms with Crippen LogP contribution in [0.3, 0.4) is 0 Å². The monoisotopic (exact) mass is 296 g/mol. The molecule has 0 saturated carbocycles. The highest BCUT2D eigenvalue weighted by molar-refractivity contribution is 5.89. The van der Waals surface area contributed by atoms with Gasteiger partial charge in [-0.25, -0.2) is 4.39 Å². The van der Waals surface area contributed by atoms with Crippen LogP contribution in [0.5, 0.6) is 5.75 Å². The lowest BCUT2D eigenvalue weighted by atomic mass is 10.0. The molecule has 2 aromatic rings. The fraction of sp³-hybridized carbons (Fsp3) is 0.0588. The largest absolute Gasteiger partial charge is 0.546 e. The topological polar surface area (TPSA) is 73.1 Å². The molecule has 0 heterocycles. The average molecular weight is 296 g/mol. The van der Waals surface area contributed by atoms with E-state index in [0.717, 1.165) is 0 Å². The maximum atomic E-state index is 13.2. The zero-order valence-electron chi connectivity index (χ0n) is 11.5. The third-order valence-electron chi connectivity index (χ3n) is 2.80. The zero-order valence-corrected chi connectivity index (χ0v) is 11.5. The molecule has 0 bridgehead atoms. The van der Waals surface area contributed by atoms with E-state index in [1.54, 1.807) is 36.4 Å².